The fourth-order valence-corrected chi connectivity index (χ4v) is 2.44. The summed E-state index contributed by atoms with van der Waals surface area (Å²) in [6, 6.07) is 4.85. The number of hydrogen-bond donors (Lipinski definition) is 1. The molecule has 2 amide bonds. The standard InChI is InChI=1S/C13H14Cl2N2O2/c14-9-4-5-11(10(15)7-9)16-12(18)8-17-6-2-1-3-13(17)19/h4-5,7H,1-3,6,8H2,(H,16,18). The van der Waals surface area contributed by atoms with E-state index in [4.69, 9.17) is 23.2 Å². The van der Waals surface area contributed by atoms with Gasteiger partial charge in [0.1, 0.15) is 0 Å². The quantitative estimate of drug-likeness (QED) is 0.933. The number of nitrogens with zero attached hydrogens (tertiary/aromatic N) is 1. The first-order valence-corrected chi connectivity index (χ1v) is 6.84. The summed E-state index contributed by atoms with van der Waals surface area (Å²) < 4.78 is 0. The van der Waals surface area contributed by atoms with Gasteiger partial charge in [-0.05, 0) is 31.0 Å². The van der Waals surface area contributed by atoms with Crippen LogP contribution in [-0.4, -0.2) is 29.8 Å². The molecule has 0 aliphatic carbocycles. The molecule has 0 aromatic heterocycles. The van der Waals surface area contributed by atoms with Gasteiger partial charge in [0.25, 0.3) is 0 Å². The van der Waals surface area contributed by atoms with Crippen molar-refractivity contribution in [3.05, 3.63) is 28.2 Å². The van der Waals surface area contributed by atoms with Gasteiger partial charge in [0.15, 0.2) is 0 Å². The number of anilines is 1. The molecule has 0 bridgehead atoms. The predicted octanol–water partition coefficient (Wildman–Crippen LogP) is 2.94. The lowest BCUT2D eigenvalue weighted by atomic mass is 10.1. The number of likely N-dealkylation sites (tertiary alicyclic amines) is 1. The average Bonchev–Trinajstić information content (AvgIpc) is 2.36. The fraction of sp³-hybridized carbons (Fsp3) is 0.385. The zero-order chi connectivity index (χ0) is 13.8. The summed E-state index contributed by atoms with van der Waals surface area (Å²) >= 11 is 11.7. The smallest absolute Gasteiger partial charge is 0.244 e. The summed E-state index contributed by atoms with van der Waals surface area (Å²) in [7, 11) is 0. The third-order valence-electron chi connectivity index (χ3n) is 2.96. The Kier molecular flexibility index (Phi) is 4.66. The summed E-state index contributed by atoms with van der Waals surface area (Å²) in [6.07, 6.45) is 2.37. The van der Waals surface area contributed by atoms with Crippen molar-refractivity contribution < 1.29 is 9.59 Å². The number of halogens is 2. The van der Waals surface area contributed by atoms with Crippen LogP contribution in [0.4, 0.5) is 5.69 Å². The maximum Gasteiger partial charge on any atom is 0.244 e. The summed E-state index contributed by atoms with van der Waals surface area (Å²) in [5, 5.41) is 3.57. The van der Waals surface area contributed by atoms with Crippen LogP contribution in [0, 0.1) is 0 Å². The minimum absolute atomic E-state index is 0.0311. The Morgan fingerprint density at radius 1 is 1.32 bits per heavy atom. The van der Waals surface area contributed by atoms with Crippen molar-refractivity contribution in [2.75, 3.05) is 18.4 Å². The minimum atomic E-state index is -0.250. The van der Waals surface area contributed by atoms with Crippen LogP contribution in [0.2, 0.25) is 10.0 Å². The zero-order valence-corrected chi connectivity index (χ0v) is 11.8. The van der Waals surface area contributed by atoms with Crippen molar-refractivity contribution in [3.63, 3.8) is 0 Å². The van der Waals surface area contributed by atoms with Crippen LogP contribution in [-0.2, 0) is 9.59 Å². The lowest BCUT2D eigenvalue weighted by Crippen LogP contribution is -2.40. The highest BCUT2D eigenvalue weighted by Gasteiger charge is 2.20. The number of carbonyl (C=O) groups is 2. The van der Waals surface area contributed by atoms with E-state index < -0.39 is 0 Å². The van der Waals surface area contributed by atoms with Crippen LogP contribution in [0.1, 0.15) is 19.3 Å². The van der Waals surface area contributed by atoms with Gasteiger partial charge in [-0.25, -0.2) is 0 Å². The van der Waals surface area contributed by atoms with E-state index in [-0.39, 0.29) is 18.4 Å². The van der Waals surface area contributed by atoms with E-state index in [0.717, 1.165) is 12.8 Å². The number of hydrogen-bond acceptors (Lipinski definition) is 2. The molecule has 1 fully saturated rings. The summed E-state index contributed by atoms with van der Waals surface area (Å²) in [6.45, 7) is 0.707. The lowest BCUT2D eigenvalue weighted by Gasteiger charge is -2.26. The number of rotatable bonds is 3. The Bertz CT molecular complexity index is 505. The van der Waals surface area contributed by atoms with Crippen LogP contribution < -0.4 is 5.32 Å². The number of piperidine rings is 1. The van der Waals surface area contributed by atoms with Crippen molar-refractivity contribution in [1.82, 2.24) is 4.90 Å². The van der Waals surface area contributed by atoms with Crippen molar-refractivity contribution in [2.24, 2.45) is 0 Å². The molecule has 0 spiro atoms. The van der Waals surface area contributed by atoms with Crippen molar-refractivity contribution in [1.29, 1.82) is 0 Å². The first-order chi connectivity index (χ1) is 9.06. The van der Waals surface area contributed by atoms with Crippen molar-refractivity contribution in [3.8, 4) is 0 Å². The largest absolute Gasteiger partial charge is 0.333 e. The molecule has 1 aromatic rings. The predicted molar refractivity (Wildman–Crippen MR) is 75.5 cm³/mol. The fourth-order valence-electron chi connectivity index (χ4n) is 1.98. The van der Waals surface area contributed by atoms with Crippen LogP contribution in [0.25, 0.3) is 0 Å². The lowest BCUT2D eigenvalue weighted by molar-refractivity contribution is -0.136. The molecule has 1 aromatic carbocycles. The molecular formula is C13H14Cl2N2O2. The normalized spacial score (nSPS) is 15.5. The van der Waals surface area contributed by atoms with Crippen molar-refractivity contribution in [2.45, 2.75) is 19.3 Å². The maximum absolute atomic E-state index is 11.9. The second-order valence-electron chi connectivity index (χ2n) is 4.44. The third-order valence-corrected chi connectivity index (χ3v) is 3.51. The molecule has 6 heteroatoms. The number of amides is 2. The first-order valence-electron chi connectivity index (χ1n) is 6.09. The Balaban J connectivity index is 1.95. The van der Waals surface area contributed by atoms with Gasteiger partial charge in [-0.15, -0.1) is 0 Å². The van der Waals surface area contributed by atoms with E-state index in [1.807, 2.05) is 0 Å². The van der Waals surface area contributed by atoms with Gasteiger partial charge in [-0.1, -0.05) is 23.2 Å². The molecule has 1 N–H and O–H groups in total. The minimum Gasteiger partial charge on any atom is -0.333 e. The molecule has 2 rings (SSSR count). The van der Waals surface area contributed by atoms with E-state index in [9.17, 15) is 9.59 Å². The van der Waals surface area contributed by atoms with Gasteiger partial charge in [-0.3, -0.25) is 9.59 Å². The second kappa shape index (κ2) is 6.26. The highest BCUT2D eigenvalue weighted by molar-refractivity contribution is 6.36. The SMILES string of the molecule is O=C(CN1CCCCC1=O)Nc1ccc(Cl)cc1Cl. The van der Waals surface area contributed by atoms with Gasteiger partial charge in [-0.2, -0.15) is 0 Å². The van der Waals surface area contributed by atoms with Gasteiger partial charge >= 0.3 is 0 Å². The molecule has 1 saturated heterocycles. The molecule has 4 nitrogen and oxygen atoms in total. The molecule has 0 saturated carbocycles. The average molecular weight is 301 g/mol. The highest BCUT2D eigenvalue weighted by atomic mass is 35.5. The number of carbonyl (C=O) groups excluding carboxylic acids is 2. The van der Waals surface area contributed by atoms with E-state index in [1.54, 1.807) is 23.1 Å². The van der Waals surface area contributed by atoms with Crippen LogP contribution in [0.15, 0.2) is 18.2 Å². The topological polar surface area (TPSA) is 49.4 Å². The molecule has 1 aliphatic rings. The van der Waals surface area contributed by atoms with Crippen molar-refractivity contribution >= 4 is 40.7 Å². The zero-order valence-electron chi connectivity index (χ0n) is 10.3. The van der Waals surface area contributed by atoms with E-state index in [2.05, 4.69) is 5.32 Å². The molecule has 19 heavy (non-hydrogen) atoms. The number of nitrogens with one attached hydrogen (secondary N) is 1. The van der Waals surface area contributed by atoms with Crippen LogP contribution >= 0.6 is 23.2 Å². The van der Waals surface area contributed by atoms with Crippen LogP contribution in [0.3, 0.4) is 0 Å². The Hall–Kier alpha value is -1.26. The van der Waals surface area contributed by atoms with E-state index >= 15 is 0 Å². The Morgan fingerprint density at radius 3 is 2.79 bits per heavy atom. The first kappa shape index (κ1) is 14.2. The summed E-state index contributed by atoms with van der Waals surface area (Å²) in [5.74, 6) is -0.219. The highest BCUT2D eigenvalue weighted by Crippen LogP contribution is 2.25. The van der Waals surface area contributed by atoms with E-state index in [0.29, 0.717) is 28.7 Å². The Morgan fingerprint density at radius 2 is 2.11 bits per heavy atom. The Labute approximate surface area is 121 Å². The second-order valence-corrected chi connectivity index (χ2v) is 5.29. The molecule has 1 aliphatic heterocycles. The molecule has 0 unspecified atom stereocenters. The van der Waals surface area contributed by atoms with Crippen LogP contribution in [0.5, 0.6) is 0 Å². The molecule has 0 atom stereocenters. The third kappa shape index (κ3) is 3.85. The molecule has 1 heterocycles. The summed E-state index contributed by atoms with van der Waals surface area (Å²) in [4.78, 5) is 25.0. The monoisotopic (exact) mass is 300 g/mol. The molecular weight excluding hydrogens is 287 g/mol. The van der Waals surface area contributed by atoms with E-state index in [1.165, 1.54) is 0 Å². The molecule has 102 valence electrons. The number of benzene rings is 1. The van der Waals surface area contributed by atoms with Gasteiger partial charge in [0, 0.05) is 18.0 Å². The van der Waals surface area contributed by atoms with Gasteiger partial charge in [0.2, 0.25) is 11.8 Å². The molecule has 0 radical (unpaired) electrons. The van der Waals surface area contributed by atoms with Gasteiger partial charge < -0.3 is 10.2 Å². The summed E-state index contributed by atoms with van der Waals surface area (Å²) in [5.41, 5.74) is 0.500. The van der Waals surface area contributed by atoms with Gasteiger partial charge in [0.05, 0.1) is 17.3 Å². The maximum atomic E-state index is 11.9.